The Kier molecular flexibility index (Phi) is 4.57. The Morgan fingerprint density at radius 1 is 1.12 bits per heavy atom. The molecule has 0 bridgehead atoms. The molecule has 5 nitrogen and oxygen atoms in total. The van der Waals surface area contributed by atoms with Crippen LogP contribution in [0.15, 0.2) is 58.1 Å². The fraction of sp³-hybridized carbons (Fsp3) is 0.200. The van der Waals surface area contributed by atoms with Gasteiger partial charge in [0.25, 0.3) is 0 Å². The number of furan rings is 1. The number of fused-ring (bicyclic) bond motifs is 1. The Morgan fingerprint density at radius 3 is 2.48 bits per heavy atom. The summed E-state index contributed by atoms with van der Waals surface area (Å²) in [6.07, 6.45) is 1.49. The number of benzene rings is 2. The number of nitrogens with zero attached hydrogens (tertiary/aromatic N) is 2. The molecule has 2 aromatic carbocycles. The topological polar surface area (TPSA) is 55.0 Å². The summed E-state index contributed by atoms with van der Waals surface area (Å²) in [5, 5.41) is 0.745. The minimum Gasteiger partial charge on any atom is -0.497 e. The molecule has 0 amide bonds. The number of rotatable bonds is 4. The first-order chi connectivity index (χ1) is 12.0. The van der Waals surface area contributed by atoms with Crippen molar-refractivity contribution in [2.75, 3.05) is 21.2 Å². The molecule has 1 heterocycles. The van der Waals surface area contributed by atoms with Crippen molar-refractivity contribution in [3.05, 3.63) is 59.9 Å². The molecule has 0 saturated heterocycles. The number of hydrogen-bond acceptors (Lipinski definition) is 4. The molecule has 0 aliphatic heterocycles. The van der Waals surface area contributed by atoms with Crippen LogP contribution in [0.4, 0.5) is 5.69 Å². The normalized spacial score (nSPS) is 11.6. The molecule has 0 N–H and O–H groups in total. The number of aliphatic imine (C=N–C) groups is 1. The van der Waals surface area contributed by atoms with E-state index in [-0.39, 0.29) is 5.78 Å². The highest BCUT2D eigenvalue weighted by Gasteiger charge is 2.16. The zero-order valence-corrected chi connectivity index (χ0v) is 14.7. The third-order valence-corrected chi connectivity index (χ3v) is 4.09. The van der Waals surface area contributed by atoms with Gasteiger partial charge in [0.05, 0.1) is 18.4 Å². The number of carbonyl (C=O) groups is 1. The maximum absolute atomic E-state index is 12.8. The van der Waals surface area contributed by atoms with Crippen molar-refractivity contribution >= 4 is 28.3 Å². The number of ketones is 1. The molecular formula is C20H20N2O3. The van der Waals surface area contributed by atoms with Gasteiger partial charge < -0.3 is 14.1 Å². The maximum atomic E-state index is 12.8. The molecule has 0 fully saturated rings. The summed E-state index contributed by atoms with van der Waals surface area (Å²) in [6, 6.07) is 12.6. The molecule has 0 aliphatic carbocycles. The Labute approximate surface area is 146 Å². The van der Waals surface area contributed by atoms with Gasteiger partial charge in [-0.15, -0.1) is 0 Å². The average Bonchev–Trinajstić information content (AvgIpc) is 3.04. The first kappa shape index (κ1) is 16.8. The molecule has 3 rings (SSSR count). The summed E-state index contributed by atoms with van der Waals surface area (Å²) < 4.78 is 10.7. The zero-order chi connectivity index (χ0) is 18.0. The molecule has 0 spiro atoms. The maximum Gasteiger partial charge on any atom is 0.196 e. The van der Waals surface area contributed by atoms with Gasteiger partial charge in [-0.3, -0.25) is 4.79 Å². The first-order valence-corrected chi connectivity index (χ1v) is 7.92. The summed E-state index contributed by atoms with van der Waals surface area (Å²) in [7, 11) is 5.47. The number of amidine groups is 1. The molecule has 25 heavy (non-hydrogen) atoms. The Morgan fingerprint density at radius 2 is 1.84 bits per heavy atom. The van der Waals surface area contributed by atoms with Gasteiger partial charge in [-0.05, 0) is 49.4 Å². The Balaban J connectivity index is 1.92. The predicted octanol–water partition coefficient (Wildman–Crippen LogP) is 4.28. The lowest BCUT2D eigenvalue weighted by molar-refractivity contribution is 0.103. The van der Waals surface area contributed by atoms with Gasteiger partial charge in [0.2, 0.25) is 0 Å². The van der Waals surface area contributed by atoms with Crippen LogP contribution in [0.25, 0.3) is 11.0 Å². The second kappa shape index (κ2) is 6.81. The van der Waals surface area contributed by atoms with Crippen LogP contribution in [0.3, 0.4) is 0 Å². The molecule has 1 aromatic heterocycles. The van der Waals surface area contributed by atoms with Crippen LogP contribution in [-0.4, -0.2) is 37.7 Å². The number of carbonyl (C=O) groups excluding carboxylic acids is 1. The number of methoxy groups -OCH3 is 1. The van der Waals surface area contributed by atoms with E-state index in [0.717, 1.165) is 16.9 Å². The molecule has 3 aromatic rings. The van der Waals surface area contributed by atoms with Crippen molar-refractivity contribution in [3.8, 4) is 5.75 Å². The fourth-order valence-corrected chi connectivity index (χ4v) is 2.44. The lowest BCUT2D eigenvalue weighted by Crippen LogP contribution is -2.17. The largest absolute Gasteiger partial charge is 0.497 e. The molecule has 0 radical (unpaired) electrons. The predicted molar refractivity (Wildman–Crippen MR) is 99.1 cm³/mol. The van der Waals surface area contributed by atoms with Crippen LogP contribution in [0.2, 0.25) is 0 Å². The van der Waals surface area contributed by atoms with Crippen LogP contribution in [0.5, 0.6) is 5.75 Å². The van der Waals surface area contributed by atoms with E-state index in [1.807, 2.05) is 44.1 Å². The minimum atomic E-state index is -0.0909. The van der Waals surface area contributed by atoms with Gasteiger partial charge in [0.15, 0.2) is 5.78 Å². The molecule has 0 saturated carbocycles. The van der Waals surface area contributed by atoms with Gasteiger partial charge in [-0.1, -0.05) is 0 Å². The van der Waals surface area contributed by atoms with E-state index in [9.17, 15) is 4.79 Å². The van der Waals surface area contributed by atoms with E-state index in [1.165, 1.54) is 6.26 Å². The Bertz CT molecular complexity index is 937. The second-order valence-electron chi connectivity index (χ2n) is 5.94. The number of hydrogen-bond donors (Lipinski definition) is 0. The quantitative estimate of drug-likeness (QED) is 0.405. The van der Waals surface area contributed by atoms with E-state index in [4.69, 9.17) is 9.15 Å². The molecule has 0 unspecified atom stereocenters. The standard InChI is InChI=1S/C20H20N2O3/c1-13(22(2)3)21-15-7-5-14(6-8-15)20(23)18-12-25-19-10-9-16(24-4)11-17(18)19/h5-12H,1-4H3. The summed E-state index contributed by atoms with van der Waals surface area (Å²) in [6.45, 7) is 1.93. The first-order valence-electron chi connectivity index (χ1n) is 7.92. The molecular weight excluding hydrogens is 316 g/mol. The van der Waals surface area contributed by atoms with Crippen molar-refractivity contribution in [2.45, 2.75) is 6.92 Å². The number of ether oxygens (including phenoxy) is 1. The van der Waals surface area contributed by atoms with Crippen LogP contribution in [0, 0.1) is 0 Å². The summed E-state index contributed by atoms with van der Waals surface area (Å²) in [5.41, 5.74) is 2.58. The van der Waals surface area contributed by atoms with Crippen molar-refractivity contribution in [2.24, 2.45) is 4.99 Å². The van der Waals surface area contributed by atoms with Gasteiger partial charge in [-0.25, -0.2) is 4.99 Å². The van der Waals surface area contributed by atoms with Crippen LogP contribution in [0.1, 0.15) is 22.8 Å². The van der Waals surface area contributed by atoms with Crippen molar-refractivity contribution in [1.82, 2.24) is 4.90 Å². The Hall–Kier alpha value is -3.08. The van der Waals surface area contributed by atoms with Crippen LogP contribution in [-0.2, 0) is 0 Å². The van der Waals surface area contributed by atoms with Gasteiger partial charge in [0.1, 0.15) is 23.4 Å². The third kappa shape index (κ3) is 3.40. The van der Waals surface area contributed by atoms with Gasteiger partial charge >= 0.3 is 0 Å². The van der Waals surface area contributed by atoms with Crippen molar-refractivity contribution in [3.63, 3.8) is 0 Å². The lowest BCUT2D eigenvalue weighted by atomic mass is 10.0. The molecule has 128 valence electrons. The average molecular weight is 336 g/mol. The van der Waals surface area contributed by atoms with Gasteiger partial charge in [-0.2, -0.15) is 0 Å². The van der Waals surface area contributed by atoms with E-state index in [0.29, 0.717) is 22.5 Å². The van der Waals surface area contributed by atoms with E-state index in [1.54, 1.807) is 31.4 Å². The molecule has 0 atom stereocenters. The zero-order valence-electron chi connectivity index (χ0n) is 14.7. The van der Waals surface area contributed by atoms with E-state index < -0.39 is 0 Å². The SMILES string of the molecule is COc1ccc2occ(C(=O)c3ccc(N=C(C)N(C)C)cc3)c2c1. The molecule has 5 heteroatoms. The highest BCUT2D eigenvalue weighted by Crippen LogP contribution is 2.28. The summed E-state index contributed by atoms with van der Waals surface area (Å²) in [5.74, 6) is 1.49. The summed E-state index contributed by atoms with van der Waals surface area (Å²) >= 11 is 0. The van der Waals surface area contributed by atoms with Crippen molar-refractivity contribution in [1.29, 1.82) is 0 Å². The highest BCUT2D eigenvalue weighted by atomic mass is 16.5. The smallest absolute Gasteiger partial charge is 0.196 e. The monoisotopic (exact) mass is 336 g/mol. The van der Waals surface area contributed by atoms with Crippen molar-refractivity contribution < 1.29 is 13.9 Å². The van der Waals surface area contributed by atoms with E-state index in [2.05, 4.69) is 4.99 Å². The third-order valence-electron chi connectivity index (χ3n) is 4.09. The summed E-state index contributed by atoms with van der Waals surface area (Å²) in [4.78, 5) is 19.2. The second-order valence-corrected chi connectivity index (χ2v) is 5.94. The molecule has 0 aliphatic rings. The van der Waals surface area contributed by atoms with Crippen LogP contribution < -0.4 is 4.74 Å². The highest BCUT2D eigenvalue weighted by molar-refractivity contribution is 6.16. The lowest BCUT2D eigenvalue weighted by Gasteiger charge is -2.10. The van der Waals surface area contributed by atoms with Crippen LogP contribution >= 0.6 is 0 Å². The minimum absolute atomic E-state index is 0.0909. The van der Waals surface area contributed by atoms with E-state index >= 15 is 0 Å². The van der Waals surface area contributed by atoms with Gasteiger partial charge in [0, 0.05) is 25.0 Å². The fourth-order valence-electron chi connectivity index (χ4n) is 2.44.